The lowest BCUT2D eigenvalue weighted by Crippen LogP contribution is -2.31. The zero-order chi connectivity index (χ0) is 20.4. The summed E-state index contributed by atoms with van der Waals surface area (Å²) < 4.78 is 0. The minimum atomic E-state index is -0.356. The number of nitrogens with one attached hydrogen (secondary N) is 2. The minimum absolute atomic E-state index is 0.122. The number of thioether (sulfide) groups is 1. The Kier molecular flexibility index (Phi) is 5.35. The first-order chi connectivity index (χ1) is 14.0. The summed E-state index contributed by atoms with van der Waals surface area (Å²) in [5.41, 5.74) is 3.45. The standard InChI is InChI=1S/C21H21N5O2S/c1-13(20(28)24-16-9-7-15(8-10-16)23-14(2)27)29-21-25-18-6-4-3-5-17(18)19-11-12-22-26(19)21/h3-10,12-13,19H,11H2,1-2H3,(H,23,27)(H,24,28). The number of fused-ring (bicyclic) bond motifs is 3. The number of nitrogens with zero attached hydrogens (tertiary/aromatic N) is 3. The Labute approximate surface area is 173 Å². The van der Waals surface area contributed by atoms with Gasteiger partial charge in [0.2, 0.25) is 11.8 Å². The second kappa shape index (κ2) is 8.08. The molecule has 2 heterocycles. The molecule has 0 aliphatic carbocycles. The molecule has 2 aromatic rings. The number of amidine groups is 1. The van der Waals surface area contributed by atoms with Gasteiger partial charge in [-0.15, -0.1) is 0 Å². The van der Waals surface area contributed by atoms with E-state index in [0.29, 0.717) is 11.4 Å². The van der Waals surface area contributed by atoms with Crippen LogP contribution in [0.1, 0.15) is 31.9 Å². The Morgan fingerprint density at radius 2 is 1.79 bits per heavy atom. The summed E-state index contributed by atoms with van der Waals surface area (Å²) in [4.78, 5) is 28.5. The van der Waals surface area contributed by atoms with Crippen LogP contribution >= 0.6 is 11.8 Å². The number of rotatable bonds is 4. The predicted molar refractivity (Wildman–Crippen MR) is 118 cm³/mol. The topological polar surface area (TPSA) is 86.2 Å². The third-order valence-corrected chi connectivity index (χ3v) is 5.72. The maximum Gasteiger partial charge on any atom is 0.237 e. The molecule has 148 valence electrons. The van der Waals surface area contributed by atoms with Gasteiger partial charge in [-0.3, -0.25) is 9.59 Å². The first kappa shape index (κ1) is 19.2. The SMILES string of the molecule is CC(=O)Nc1ccc(NC(=O)C(C)SC2=Nc3ccccc3C3CC=NN23)cc1. The van der Waals surface area contributed by atoms with Gasteiger partial charge in [0.25, 0.3) is 0 Å². The van der Waals surface area contributed by atoms with E-state index < -0.39 is 0 Å². The molecule has 2 aromatic carbocycles. The Balaban J connectivity index is 1.44. The van der Waals surface area contributed by atoms with Crippen LogP contribution in [0.25, 0.3) is 0 Å². The normalized spacial score (nSPS) is 17.8. The Hall–Kier alpha value is -3.13. The number of hydrogen-bond acceptors (Lipinski definition) is 6. The van der Waals surface area contributed by atoms with E-state index in [2.05, 4.69) is 21.8 Å². The van der Waals surface area contributed by atoms with Crippen LogP contribution < -0.4 is 10.6 Å². The highest BCUT2D eigenvalue weighted by Crippen LogP contribution is 2.41. The fourth-order valence-corrected chi connectivity index (χ4v) is 4.17. The lowest BCUT2D eigenvalue weighted by atomic mass is 10.0. The van der Waals surface area contributed by atoms with Crippen molar-refractivity contribution in [3.63, 3.8) is 0 Å². The number of anilines is 2. The molecule has 4 rings (SSSR count). The average molecular weight is 407 g/mol. The number of benzene rings is 2. The number of para-hydroxylation sites is 1. The van der Waals surface area contributed by atoms with E-state index in [1.54, 1.807) is 24.3 Å². The maximum atomic E-state index is 12.7. The summed E-state index contributed by atoms with van der Waals surface area (Å²) in [7, 11) is 0. The maximum absolute atomic E-state index is 12.7. The second-order valence-electron chi connectivity index (χ2n) is 6.86. The van der Waals surface area contributed by atoms with Gasteiger partial charge in [0.15, 0.2) is 5.17 Å². The largest absolute Gasteiger partial charge is 0.326 e. The third-order valence-electron chi connectivity index (χ3n) is 4.66. The van der Waals surface area contributed by atoms with Crippen molar-refractivity contribution in [1.29, 1.82) is 0 Å². The fraction of sp³-hybridized carbons (Fsp3) is 0.238. The molecule has 0 spiro atoms. The highest BCUT2D eigenvalue weighted by molar-refractivity contribution is 8.14. The molecule has 2 aliphatic rings. The predicted octanol–water partition coefficient (Wildman–Crippen LogP) is 4.14. The van der Waals surface area contributed by atoms with E-state index in [1.807, 2.05) is 36.3 Å². The van der Waals surface area contributed by atoms with Crippen molar-refractivity contribution < 1.29 is 9.59 Å². The highest BCUT2D eigenvalue weighted by atomic mass is 32.2. The minimum Gasteiger partial charge on any atom is -0.326 e. The molecule has 0 radical (unpaired) electrons. The van der Waals surface area contributed by atoms with E-state index in [-0.39, 0.29) is 23.1 Å². The lowest BCUT2D eigenvalue weighted by Gasteiger charge is -2.30. The van der Waals surface area contributed by atoms with Gasteiger partial charge in [0.1, 0.15) is 0 Å². The van der Waals surface area contributed by atoms with E-state index in [0.717, 1.165) is 22.8 Å². The van der Waals surface area contributed by atoms with Crippen LogP contribution in [0.2, 0.25) is 0 Å². The second-order valence-corrected chi connectivity index (χ2v) is 8.16. The zero-order valence-corrected chi connectivity index (χ0v) is 16.9. The number of carbonyl (C=O) groups is 2. The first-order valence-electron chi connectivity index (χ1n) is 9.36. The van der Waals surface area contributed by atoms with Gasteiger partial charge < -0.3 is 10.6 Å². The summed E-state index contributed by atoms with van der Waals surface area (Å²) in [5.74, 6) is -0.256. The van der Waals surface area contributed by atoms with Gasteiger partial charge in [-0.2, -0.15) is 5.10 Å². The Morgan fingerprint density at radius 3 is 2.52 bits per heavy atom. The van der Waals surface area contributed by atoms with E-state index >= 15 is 0 Å². The van der Waals surface area contributed by atoms with Crippen molar-refractivity contribution in [2.24, 2.45) is 10.1 Å². The van der Waals surface area contributed by atoms with Crippen molar-refractivity contribution >= 4 is 52.0 Å². The van der Waals surface area contributed by atoms with Crippen LogP contribution in [-0.2, 0) is 9.59 Å². The summed E-state index contributed by atoms with van der Waals surface area (Å²) in [6, 6.07) is 15.2. The number of amides is 2. The van der Waals surface area contributed by atoms with Gasteiger partial charge in [0, 0.05) is 36.5 Å². The zero-order valence-electron chi connectivity index (χ0n) is 16.1. The number of hydrazone groups is 1. The van der Waals surface area contributed by atoms with Crippen molar-refractivity contribution in [2.45, 2.75) is 31.6 Å². The number of aliphatic imine (C=N–C) groups is 1. The van der Waals surface area contributed by atoms with Crippen LogP contribution in [-0.4, -0.2) is 33.5 Å². The van der Waals surface area contributed by atoms with E-state index in [9.17, 15) is 9.59 Å². The van der Waals surface area contributed by atoms with Crippen molar-refractivity contribution in [2.75, 3.05) is 10.6 Å². The molecule has 0 aromatic heterocycles. The van der Waals surface area contributed by atoms with Crippen molar-refractivity contribution in [3.05, 3.63) is 54.1 Å². The summed E-state index contributed by atoms with van der Waals surface area (Å²) in [6.07, 6.45) is 2.72. The summed E-state index contributed by atoms with van der Waals surface area (Å²) in [6.45, 7) is 3.30. The molecule has 0 fully saturated rings. The molecule has 29 heavy (non-hydrogen) atoms. The lowest BCUT2D eigenvalue weighted by molar-refractivity contribution is -0.115. The first-order valence-corrected chi connectivity index (χ1v) is 10.2. The summed E-state index contributed by atoms with van der Waals surface area (Å²) in [5, 5.41) is 12.3. The fourth-order valence-electron chi connectivity index (χ4n) is 3.26. The molecular formula is C21H21N5O2S. The average Bonchev–Trinajstić information content (AvgIpc) is 3.19. The molecular weight excluding hydrogens is 386 g/mol. The van der Waals surface area contributed by atoms with Crippen LogP contribution in [0.3, 0.4) is 0 Å². The van der Waals surface area contributed by atoms with Crippen molar-refractivity contribution in [3.8, 4) is 0 Å². The van der Waals surface area contributed by atoms with Crippen LogP contribution in [0.4, 0.5) is 17.1 Å². The van der Waals surface area contributed by atoms with Gasteiger partial charge in [-0.05, 0) is 37.3 Å². The highest BCUT2D eigenvalue weighted by Gasteiger charge is 2.34. The van der Waals surface area contributed by atoms with Crippen LogP contribution in [0.15, 0.2) is 58.6 Å². The van der Waals surface area contributed by atoms with Crippen molar-refractivity contribution in [1.82, 2.24) is 5.01 Å². The molecule has 2 aliphatic heterocycles. The smallest absolute Gasteiger partial charge is 0.237 e. The molecule has 8 heteroatoms. The molecule has 0 saturated carbocycles. The Morgan fingerprint density at radius 1 is 1.10 bits per heavy atom. The van der Waals surface area contributed by atoms with Crippen LogP contribution in [0, 0.1) is 0 Å². The quantitative estimate of drug-likeness (QED) is 0.798. The molecule has 2 atom stereocenters. The molecule has 0 saturated heterocycles. The van der Waals surface area contributed by atoms with Gasteiger partial charge in [-0.1, -0.05) is 30.0 Å². The van der Waals surface area contributed by atoms with E-state index in [1.165, 1.54) is 18.7 Å². The molecule has 2 unspecified atom stereocenters. The monoisotopic (exact) mass is 407 g/mol. The summed E-state index contributed by atoms with van der Waals surface area (Å²) >= 11 is 1.39. The van der Waals surface area contributed by atoms with E-state index in [4.69, 9.17) is 4.99 Å². The number of carbonyl (C=O) groups excluding carboxylic acids is 2. The molecule has 7 nitrogen and oxygen atoms in total. The number of hydrogen-bond donors (Lipinski definition) is 2. The molecule has 2 N–H and O–H groups in total. The van der Waals surface area contributed by atoms with Gasteiger partial charge in [0.05, 0.1) is 17.0 Å². The van der Waals surface area contributed by atoms with Gasteiger partial charge in [-0.25, -0.2) is 10.0 Å². The molecule has 0 bridgehead atoms. The Bertz CT molecular complexity index is 1000. The van der Waals surface area contributed by atoms with Crippen LogP contribution in [0.5, 0.6) is 0 Å². The van der Waals surface area contributed by atoms with Gasteiger partial charge >= 0.3 is 0 Å². The third kappa shape index (κ3) is 4.17. The molecule has 2 amide bonds.